The van der Waals surface area contributed by atoms with E-state index in [9.17, 15) is 4.79 Å². The van der Waals surface area contributed by atoms with Crippen molar-refractivity contribution in [2.75, 3.05) is 13.1 Å². The Morgan fingerprint density at radius 2 is 1.81 bits per heavy atom. The highest BCUT2D eigenvalue weighted by Crippen LogP contribution is 2.45. The molecule has 2 fully saturated rings. The van der Waals surface area contributed by atoms with E-state index >= 15 is 0 Å². The van der Waals surface area contributed by atoms with Crippen LogP contribution in [0.25, 0.3) is 0 Å². The number of piperidine rings is 1. The lowest BCUT2D eigenvalue weighted by Gasteiger charge is -2.40. The molecule has 2 saturated heterocycles. The first-order valence-corrected chi connectivity index (χ1v) is 6.32. The zero-order valence-corrected chi connectivity index (χ0v) is 10.9. The summed E-state index contributed by atoms with van der Waals surface area (Å²) in [6.45, 7) is 10.6. The van der Waals surface area contributed by atoms with Crippen LogP contribution in [-0.4, -0.2) is 35.6 Å². The Hall–Kier alpha value is -0.570. The second-order valence-electron chi connectivity index (χ2n) is 6.26. The Balaban J connectivity index is 2.01. The van der Waals surface area contributed by atoms with Crippen LogP contribution in [0.5, 0.6) is 0 Å². The Labute approximate surface area is 98.1 Å². The van der Waals surface area contributed by atoms with Crippen molar-refractivity contribution in [1.29, 1.82) is 0 Å². The normalized spacial score (nSPS) is 28.7. The number of ether oxygens (including phenoxy) is 1. The van der Waals surface area contributed by atoms with Gasteiger partial charge in [-0.1, -0.05) is 0 Å². The minimum atomic E-state index is -0.278. The number of rotatable bonds is 1. The number of hydrogen-bond donors (Lipinski definition) is 0. The van der Waals surface area contributed by atoms with Crippen LogP contribution in [0, 0.1) is 5.41 Å². The van der Waals surface area contributed by atoms with Crippen molar-refractivity contribution in [3.05, 3.63) is 0 Å². The van der Waals surface area contributed by atoms with Crippen molar-refractivity contribution in [2.45, 2.75) is 58.6 Å². The lowest BCUT2D eigenvalue weighted by atomic mass is 9.79. The summed E-state index contributed by atoms with van der Waals surface area (Å²) in [6.07, 6.45) is 2.89. The average molecular weight is 225 g/mol. The predicted molar refractivity (Wildman–Crippen MR) is 63.2 cm³/mol. The van der Waals surface area contributed by atoms with Gasteiger partial charge in [0.05, 0.1) is 5.41 Å². The van der Waals surface area contributed by atoms with E-state index in [0.29, 0.717) is 6.04 Å². The van der Waals surface area contributed by atoms with E-state index in [2.05, 4.69) is 18.7 Å². The molecule has 2 aliphatic heterocycles. The Morgan fingerprint density at radius 1 is 1.25 bits per heavy atom. The third kappa shape index (κ3) is 1.97. The first-order valence-electron chi connectivity index (χ1n) is 6.32. The first-order chi connectivity index (χ1) is 7.35. The van der Waals surface area contributed by atoms with Crippen LogP contribution in [0.4, 0.5) is 0 Å². The van der Waals surface area contributed by atoms with E-state index in [1.54, 1.807) is 0 Å². The lowest BCUT2D eigenvalue weighted by Crippen LogP contribution is -2.46. The summed E-state index contributed by atoms with van der Waals surface area (Å²) >= 11 is 0. The molecule has 0 aliphatic carbocycles. The predicted octanol–water partition coefficient (Wildman–Crippen LogP) is 2.20. The summed E-state index contributed by atoms with van der Waals surface area (Å²) in [5.74, 6) is -0.00880. The van der Waals surface area contributed by atoms with Gasteiger partial charge in [0.2, 0.25) is 0 Å². The molecule has 0 amide bonds. The number of likely N-dealkylation sites (tertiary alicyclic amines) is 1. The summed E-state index contributed by atoms with van der Waals surface area (Å²) in [4.78, 5) is 14.2. The molecule has 0 aromatic rings. The number of hydrogen-bond acceptors (Lipinski definition) is 3. The van der Waals surface area contributed by atoms with E-state index in [0.717, 1.165) is 32.4 Å². The fourth-order valence-electron chi connectivity index (χ4n) is 2.98. The van der Waals surface area contributed by atoms with Crippen LogP contribution in [-0.2, 0) is 9.53 Å². The van der Waals surface area contributed by atoms with Gasteiger partial charge in [-0.3, -0.25) is 4.79 Å². The number of carbonyl (C=O) groups excluding carboxylic acids is 1. The molecule has 0 radical (unpaired) electrons. The average Bonchev–Trinajstić information content (AvgIpc) is 2.37. The van der Waals surface area contributed by atoms with E-state index in [1.807, 2.05) is 13.8 Å². The summed E-state index contributed by atoms with van der Waals surface area (Å²) < 4.78 is 5.67. The van der Waals surface area contributed by atoms with Gasteiger partial charge >= 0.3 is 5.97 Å². The summed E-state index contributed by atoms with van der Waals surface area (Å²) in [7, 11) is 0. The fourth-order valence-corrected chi connectivity index (χ4v) is 2.98. The molecule has 1 spiro atoms. The maximum atomic E-state index is 11.7. The van der Waals surface area contributed by atoms with Crippen molar-refractivity contribution in [1.82, 2.24) is 4.90 Å². The molecule has 16 heavy (non-hydrogen) atoms. The van der Waals surface area contributed by atoms with Gasteiger partial charge in [0.25, 0.3) is 0 Å². The Bertz CT molecular complexity index is 288. The van der Waals surface area contributed by atoms with Gasteiger partial charge in [0, 0.05) is 38.4 Å². The quantitative estimate of drug-likeness (QED) is 0.641. The van der Waals surface area contributed by atoms with E-state index in [4.69, 9.17) is 4.74 Å². The molecule has 0 bridgehead atoms. The molecule has 0 aromatic heterocycles. The van der Waals surface area contributed by atoms with Gasteiger partial charge in [-0.05, 0) is 27.7 Å². The second-order valence-corrected chi connectivity index (χ2v) is 6.26. The smallest absolute Gasteiger partial charge is 0.312 e. The highest BCUT2D eigenvalue weighted by molar-refractivity contribution is 5.78. The largest absolute Gasteiger partial charge is 0.459 e. The van der Waals surface area contributed by atoms with Gasteiger partial charge in [-0.2, -0.15) is 0 Å². The van der Waals surface area contributed by atoms with Crippen LogP contribution in [0.1, 0.15) is 47.0 Å². The SMILES string of the molecule is CC(C)N1CCC2(CC1)CC(C)(C)C(=O)O2. The van der Waals surface area contributed by atoms with Crippen LogP contribution < -0.4 is 0 Å². The third-order valence-electron chi connectivity index (χ3n) is 4.07. The van der Waals surface area contributed by atoms with Crippen molar-refractivity contribution >= 4 is 5.97 Å². The van der Waals surface area contributed by atoms with Crippen molar-refractivity contribution in [2.24, 2.45) is 5.41 Å². The molecule has 0 unspecified atom stereocenters. The number of carbonyl (C=O) groups is 1. The van der Waals surface area contributed by atoms with Gasteiger partial charge in [-0.15, -0.1) is 0 Å². The molecule has 3 nitrogen and oxygen atoms in total. The highest BCUT2D eigenvalue weighted by Gasteiger charge is 2.52. The molecular formula is C13H23NO2. The minimum absolute atomic E-state index is 0.00880. The molecule has 0 N–H and O–H groups in total. The second kappa shape index (κ2) is 3.73. The number of esters is 1. The monoisotopic (exact) mass is 225 g/mol. The van der Waals surface area contributed by atoms with Gasteiger partial charge in [0.1, 0.15) is 5.60 Å². The van der Waals surface area contributed by atoms with Crippen LogP contribution in [0.3, 0.4) is 0 Å². The molecule has 92 valence electrons. The zero-order chi connectivity index (χ0) is 12.0. The van der Waals surface area contributed by atoms with Crippen molar-refractivity contribution in [3.63, 3.8) is 0 Å². The third-order valence-corrected chi connectivity index (χ3v) is 4.07. The summed E-state index contributed by atoms with van der Waals surface area (Å²) in [6, 6.07) is 0.600. The van der Waals surface area contributed by atoms with Crippen LogP contribution >= 0.6 is 0 Å². The molecular weight excluding hydrogens is 202 g/mol. The van der Waals surface area contributed by atoms with Crippen LogP contribution in [0.2, 0.25) is 0 Å². The van der Waals surface area contributed by atoms with E-state index in [1.165, 1.54) is 0 Å². The summed E-state index contributed by atoms with van der Waals surface area (Å²) in [5, 5.41) is 0. The molecule has 2 heterocycles. The zero-order valence-electron chi connectivity index (χ0n) is 10.9. The van der Waals surface area contributed by atoms with Gasteiger partial charge in [-0.25, -0.2) is 0 Å². The van der Waals surface area contributed by atoms with Crippen LogP contribution in [0.15, 0.2) is 0 Å². The van der Waals surface area contributed by atoms with Crippen molar-refractivity contribution < 1.29 is 9.53 Å². The molecule has 0 aromatic carbocycles. The van der Waals surface area contributed by atoms with E-state index < -0.39 is 0 Å². The Morgan fingerprint density at radius 3 is 2.19 bits per heavy atom. The molecule has 3 heteroatoms. The number of nitrogens with zero attached hydrogens (tertiary/aromatic N) is 1. The molecule has 0 atom stereocenters. The lowest BCUT2D eigenvalue weighted by molar-refractivity contribution is -0.156. The molecule has 2 rings (SSSR count). The first kappa shape index (κ1) is 11.9. The maximum Gasteiger partial charge on any atom is 0.312 e. The molecule has 2 aliphatic rings. The van der Waals surface area contributed by atoms with Gasteiger partial charge < -0.3 is 9.64 Å². The summed E-state index contributed by atoms with van der Waals surface area (Å²) in [5.41, 5.74) is -0.425. The minimum Gasteiger partial charge on any atom is -0.459 e. The Kier molecular flexibility index (Phi) is 2.77. The topological polar surface area (TPSA) is 29.5 Å². The fraction of sp³-hybridized carbons (Fsp3) is 0.923. The van der Waals surface area contributed by atoms with E-state index in [-0.39, 0.29) is 17.0 Å². The maximum absolute atomic E-state index is 11.7. The standard InChI is InChI=1S/C13H23NO2/c1-10(2)14-7-5-13(6-8-14)9-12(3,4)11(15)16-13/h10H,5-9H2,1-4H3. The van der Waals surface area contributed by atoms with Crippen molar-refractivity contribution in [3.8, 4) is 0 Å². The highest BCUT2D eigenvalue weighted by atomic mass is 16.6. The van der Waals surface area contributed by atoms with Gasteiger partial charge in [0.15, 0.2) is 0 Å². The molecule has 0 saturated carbocycles.